The molecule has 2 atom stereocenters. The molecule has 3 heterocycles. The molecule has 17 heteroatoms. The number of carboxylic acid groups (broad SMARTS) is 2. The van der Waals surface area contributed by atoms with Crippen molar-refractivity contribution in [3.05, 3.63) is 41.8 Å². The number of hydrogen-bond acceptors (Lipinski definition) is 8. The summed E-state index contributed by atoms with van der Waals surface area (Å²) in [5, 5.41) is 22.9. The number of aromatic nitrogens is 2. The first kappa shape index (κ1) is 32.9. The molecular weight excluding hydrogens is 670 g/mol. The Morgan fingerprint density at radius 1 is 1.04 bits per heavy atom. The summed E-state index contributed by atoms with van der Waals surface area (Å²) in [5.74, 6) is -3.57. The predicted octanol–water partition coefficient (Wildman–Crippen LogP) is 0.577. The first-order valence-electron chi connectivity index (χ1n) is 14.7. The summed E-state index contributed by atoms with van der Waals surface area (Å²) >= 11 is -1.62. The van der Waals surface area contributed by atoms with Gasteiger partial charge in [-0.05, 0) is 0 Å². The number of nitrogens with zero attached hydrogens (tertiary/aromatic N) is 5. The van der Waals surface area contributed by atoms with Gasteiger partial charge >= 0.3 is 269 Å². The molecule has 5 rings (SSSR count). The average Bonchev–Trinajstić information content (AvgIpc) is 3.62. The van der Waals surface area contributed by atoms with E-state index in [9.17, 15) is 43.4 Å². The molecule has 245 valence electrons. The molecule has 1 aromatic carbocycles. The van der Waals surface area contributed by atoms with Crippen LogP contribution in [0.4, 0.5) is 9.18 Å². The fourth-order valence-corrected chi connectivity index (χ4v) is 8.29. The van der Waals surface area contributed by atoms with Crippen LogP contribution in [0.1, 0.15) is 42.6 Å². The number of carboxylic acids is 1. The molecule has 46 heavy (non-hydrogen) atoms. The molecule has 1 radical (unpaired) electrons. The van der Waals surface area contributed by atoms with E-state index in [4.69, 9.17) is 10.5 Å². The van der Waals surface area contributed by atoms with Crippen molar-refractivity contribution in [1.82, 2.24) is 24.5 Å². The van der Waals surface area contributed by atoms with Crippen LogP contribution in [-0.2, 0) is 19.2 Å². The molecule has 2 aromatic rings. The van der Waals surface area contributed by atoms with Crippen LogP contribution >= 0.6 is 0 Å². The van der Waals surface area contributed by atoms with Gasteiger partial charge in [-0.25, -0.2) is 0 Å². The number of carbonyl (C=O) groups excluding carboxylic acids is 4. The topological polar surface area (TPSA) is 206 Å². The van der Waals surface area contributed by atoms with Gasteiger partial charge in [-0.3, -0.25) is 0 Å². The molecule has 2 saturated heterocycles. The van der Waals surface area contributed by atoms with Gasteiger partial charge in [-0.2, -0.15) is 0 Å². The van der Waals surface area contributed by atoms with Crippen LogP contribution in [0.5, 0.6) is 5.88 Å². The second-order valence-electron chi connectivity index (χ2n) is 11.4. The van der Waals surface area contributed by atoms with E-state index in [1.165, 1.54) is 34.1 Å². The summed E-state index contributed by atoms with van der Waals surface area (Å²) in [6.07, 6.45) is 0.924. The van der Waals surface area contributed by atoms with Crippen molar-refractivity contribution in [3.8, 4) is 11.6 Å². The summed E-state index contributed by atoms with van der Waals surface area (Å²) in [4.78, 5) is 79.4. The SMILES string of the molecule is NC(=O)[C@@]1(C2CC2)CCCN1C(=O)COc1cc(C(=O)[As][C@@H](CC(=O)O)C(=O)N2CCN(C(=O)O)CC2)nn1-c1cccc(F)c1. The summed E-state index contributed by atoms with van der Waals surface area (Å²) in [6.45, 7) is 0.0508. The van der Waals surface area contributed by atoms with Crippen LogP contribution in [0.2, 0.25) is 4.71 Å². The third-order valence-corrected chi connectivity index (χ3v) is 11.0. The van der Waals surface area contributed by atoms with Crippen molar-refractivity contribution in [2.75, 3.05) is 39.3 Å². The second kappa shape index (κ2) is 13.5. The molecule has 4 amide bonds. The number of rotatable bonds is 12. The van der Waals surface area contributed by atoms with E-state index in [0.717, 1.165) is 28.5 Å². The third kappa shape index (κ3) is 6.86. The van der Waals surface area contributed by atoms with Gasteiger partial charge in [0, 0.05) is 0 Å². The summed E-state index contributed by atoms with van der Waals surface area (Å²) in [5.41, 5.74) is 4.71. The second-order valence-corrected chi connectivity index (χ2v) is 14.1. The number of benzene rings is 1. The number of nitrogens with two attached hydrogens (primary N) is 1. The molecule has 0 unspecified atom stereocenters. The number of ether oxygens (including phenoxy) is 1. The maximum absolute atomic E-state index is 14.2. The molecule has 0 spiro atoms. The fourth-order valence-electron chi connectivity index (χ4n) is 6.10. The van der Waals surface area contributed by atoms with E-state index in [-0.39, 0.29) is 49.4 Å². The van der Waals surface area contributed by atoms with Crippen molar-refractivity contribution in [1.29, 1.82) is 0 Å². The zero-order valence-electron chi connectivity index (χ0n) is 24.7. The van der Waals surface area contributed by atoms with Crippen LogP contribution < -0.4 is 10.5 Å². The van der Waals surface area contributed by atoms with Gasteiger partial charge < -0.3 is 0 Å². The van der Waals surface area contributed by atoms with Crippen molar-refractivity contribution in [2.24, 2.45) is 11.7 Å². The molecule has 0 bridgehead atoms. The van der Waals surface area contributed by atoms with Crippen molar-refractivity contribution < 1.29 is 48.1 Å². The number of likely N-dealkylation sites (tertiary alicyclic amines) is 1. The van der Waals surface area contributed by atoms with Crippen LogP contribution in [-0.4, -0.2) is 130 Å². The Bertz CT molecular complexity index is 1560. The number of amides is 4. The van der Waals surface area contributed by atoms with E-state index < -0.39 is 79.2 Å². The molecule has 3 fully saturated rings. The molecule has 4 N–H and O–H groups in total. The maximum atomic E-state index is 14.2. The Balaban J connectivity index is 1.35. The first-order chi connectivity index (χ1) is 21.9. The van der Waals surface area contributed by atoms with E-state index >= 15 is 0 Å². The Labute approximate surface area is 269 Å². The van der Waals surface area contributed by atoms with Gasteiger partial charge in [0.15, 0.2) is 0 Å². The number of piperazine rings is 1. The number of aliphatic carboxylic acids is 1. The normalized spacial score (nSPS) is 20.6. The molecule has 1 saturated carbocycles. The monoisotopic (exact) mass is 703 g/mol. The Hall–Kier alpha value is -4.46. The Morgan fingerprint density at radius 2 is 1.74 bits per heavy atom. The average molecular weight is 704 g/mol. The molecule has 1 aromatic heterocycles. The summed E-state index contributed by atoms with van der Waals surface area (Å²) in [7, 11) is 0. The third-order valence-electron chi connectivity index (χ3n) is 8.48. The Morgan fingerprint density at radius 3 is 2.35 bits per heavy atom. The van der Waals surface area contributed by atoms with E-state index in [1.54, 1.807) is 0 Å². The van der Waals surface area contributed by atoms with Gasteiger partial charge in [-0.1, -0.05) is 0 Å². The van der Waals surface area contributed by atoms with Gasteiger partial charge in [0.1, 0.15) is 0 Å². The standard InChI is InChI=1S/C29H33AsFN6O9/c31-18-3-1-4-19(13-18)37-23(46-16-22(38)36-8-2-7-29(36,27(32)43)17-5-6-17)15-21(33-37)25(41)30-20(14-24(39)40)26(42)34-9-11-35(12-10-34)28(44)45/h1,3-4,13,15,17,20H,2,5-12,14,16H2,(H2,32,43)(H,39,40)(H,44,45)/t20-,29-/m0/s1. The van der Waals surface area contributed by atoms with E-state index in [0.29, 0.717) is 19.4 Å². The molecule has 15 nitrogen and oxygen atoms in total. The van der Waals surface area contributed by atoms with Crippen molar-refractivity contribution in [2.45, 2.75) is 42.3 Å². The van der Waals surface area contributed by atoms with Gasteiger partial charge in [0.05, 0.1) is 0 Å². The first-order valence-corrected chi connectivity index (χ1v) is 16.8. The summed E-state index contributed by atoms with van der Waals surface area (Å²) < 4.78 is 19.3. The number of carbonyl (C=O) groups is 6. The van der Waals surface area contributed by atoms with Crippen LogP contribution in [0.3, 0.4) is 0 Å². The van der Waals surface area contributed by atoms with E-state index in [2.05, 4.69) is 5.10 Å². The van der Waals surface area contributed by atoms with Crippen LogP contribution in [0, 0.1) is 11.7 Å². The van der Waals surface area contributed by atoms with Crippen LogP contribution in [0.15, 0.2) is 30.3 Å². The van der Waals surface area contributed by atoms with Crippen molar-refractivity contribution >= 4 is 50.1 Å². The van der Waals surface area contributed by atoms with Gasteiger partial charge in [0.2, 0.25) is 0 Å². The van der Waals surface area contributed by atoms with Gasteiger partial charge in [0.25, 0.3) is 0 Å². The molecule has 1 aliphatic carbocycles. The van der Waals surface area contributed by atoms with E-state index in [1.807, 2.05) is 0 Å². The zero-order chi connectivity index (χ0) is 33.2. The van der Waals surface area contributed by atoms with Gasteiger partial charge in [-0.15, -0.1) is 0 Å². The Kier molecular flexibility index (Phi) is 9.65. The number of halogens is 1. The minimum absolute atomic E-state index is 0.00987. The molecule has 2 aliphatic heterocycles. The predicted molar refractivity (Wildman–Crippen MR) is 157 cm³/mol. The minimum atomic E-state index is -1.62. The fraction of sp³-hybridized carbons (Fsp3) is 0.483. The number of primary amides is 1. The van der Waals surface area contributed by atoms with Crippen LogP contribution in [0.25, 0.3) is 5.69 Å². The van der Waals surface area contributed by atoms with Crippen molar-refractivity contribution in [3.63, 3.8) is 0 Å². The zero-order valence-corrected chi connectivity index (χ0v) is 26.6. The molecule has 3 aliphatic rings. The molecular formula is C29H33AsFN6O9. The summed E-state index contributed by atoms with van der Waals surface area (Å²) in [6, 6.07) is 6.52. The number of hydrogen-bond donors (Lipinski definition) is 3. The quantitative estimate of drug-likeness (QED) is 0.262.